The van der Waals surface area contributed by atoms with Crippen LogP contribution in [-0.2, 0) is 6.42 Å². The molecule has 0 amide bonds. The van der Waals surface area contributed by atoms with Gasteiger partial charge in [-0.15, -0.1) is 11.3 Å². The Morgan fingerprint density at radius 1 is 1.70 bits per heavy atom. The summed E-state index contributed by atoms with van der Waals surface area (Å²) in [7, 11) is 0. The SMILES string of the molecule is O=Cc1scc2c1CCN2. The number of aldehydes is 1. The summed E-state index contributed by atoms with van der Waals surface area (Å²) in [6, 6.07) is 0. The summed E-state index contributed by atoms with van der Waals surface area (Å²) >= 11 is 1.52. The molecule has 0 radical (unpaired) electrons. The standard InChI is InChI=1S/C7H7NOS/c9-3-7-5-1-2-8-6(5)4-10-7/h3-4,8H,1-2H2. The van der Waals surface area contributed by atoms with Crippen LogP contribution in [0.4, 0.5) is 5.69 Å². The largest absolute Gasteiger partial charge is 0.384 e. The van der Waals surface area contributed by atoms with Crippen molar-refractivity contribution in [1.29, 1.82) is 0 Å². The normalized spacial score (nSPS) is 14.4. The van der Waals surface area contributed by atoms with Crippen LogP contribution in [0.5, 0.6) is 0 Å². The predicted molar refractivity (Wildman–Crippen MR) is 41.9 cm³/mol. The summed E-state index contributed by atoms with van der Waals surface area (Å²) in [5, 5.41) is 5.21. The molecule has 0 aliphatic carbocycles. The maximum absolute atomic E-state index is 10.4. The first kappa shape index (κ1) is 5.92. The number of nitrogens with one attached hydrogen (secondary N) is 1. The van der Waals surface area contributed by atoms with E-state index >= 15 is 0 Å². The first-order valence-electron chi connectivity index (χ1n) is 3.21. The van der Waals surface area contributed by atoms with Gasteiger partial charge in [0.2, 0.25) is 0 Å². The van der Waals surface area contributed by atoms with Crippen LogP contribution in [0, 0.1) is 0 Å². The summed E-state index contributed by atoms with van der Waals surface area (Å²) in [5.41, 5.74) is 2.37. The van der Waals surface area contributed by atoms with E-state index in [0.717, 1.165) is 29.8 Å². The number of anilines is 1. The van der Waals surface area contributed by atoms with E-state index in [2.05, 4.69) is 5.32 Å². The summed E-state index contributed by atoms with van der Waals surface area (Å²) in [6.45, 7) is 0.985. The van der Waals surface area contributed by atoms with Crippen LogP contribution in [0.25, 0.3) is 0 Å². The monoisotopic (exact) mass is 153 g/mol. The minimum atomic E-state index is 0.889. The van der Waals surface area contributed by atoms with Crippen LogP contribution in [-0.4, -0.2) is 12.8 Å². The van der Waals surface area contributed by atoms with Crippen LogP contribution < -0.4 is 5.32 Å². The Morgan fingerprint density at radius 2 is 2.60 bits per heavy atom. The minimum Gasteiger partial charge on any atom is -0.384 e. The van der Waals surface area contributed by atoms with Gasteiger partial charge in [-0.2, -0.15) is 0 Å². The lowest BCUT2D eigenvalue weighted by molar-refractivity contribution is 0.112. The van der Waals surface area contributed by atoms with E-state index in [9.17, 15) is 4.79 Å². The molecular formula is C7H7NOS. The molecule has 0 unspecified atom stereocenters. The molecule has 2 nitrogen and oxygen atoms in total. The van der Waals surface area contributed by atoms with Gasteiger partial charge in [-0.05, 0) is 12.0 Å². The number of carbonyl (C=O) groups is 1. The Hall–Kier alpha value is -0.830. The predicted octanol–water partition coefficient (Wildman–Crippen LogP) is 1.53. The molecule has 1 N–H and O–H groups in total. The zero-order chi connectivity index (χ0) is 6.97. The molecule has 0 spiro atoms. The highest BCUT2D eigenvalue weighted by Crippen LogP contribution is 2.29. The smallest absolute Gasteiger partial charge is 0.160 e. The molecule has 10 heavy (non-hydrogen) atoms. The van der Waals surface area contributed by atoms with Crippen molar-refractivity contribution >= 4 is 23.3 Å². The molecule has 1 aliphatic rings. The van der Waals surface area contributed by atoms with Crippen LogP contribution >= 0.6 is 11.3 Å². The molecule has 1 aliphatic heterocycles. The van der Waals surface area contributed by atoms with Crippen LogP contribution in [0.3, 0.4) is 0 Å². The summed E-state index contributed by atoms with van der Waals surface area (Å²) < 4.78 is 0. The average Bonchev–Trinajstić information content (AvgIpc) is 2.44. The lowest BCUT2D eigenvalue weighted by Crippen LogP contribution is -1.91. The highest BCUT2D eigenvalue weighted by molar-refractivity contribution is 7.12. The third kappa shape index (κ3) is 0.671. The molecule has 1 aromatic rings. The molecule has 0 bridgehead atoms. The van der Waals surface area contributed by atoms with E-state index in [1.165, 1.54) is 16.9 Å². The number of carbonyl (C=O) groups excluding carboxylic acids is 1. The van der Waals surface area contributed by atoms with Gasteiger partial charge in [0.05, 0.1) is 4.88 Å². The first-order valence-corrected chi connectivity index (χ1v) is 4.09. The van der Waals surface area contributed by atoms with Gasteiger partial charge in [0, 0.05) is 17.6 Å². The number of fused-ring (bicyclic) bond motifs is 1. The molecule has 0 atom stereocenters. The molecule has 0 fully saturated rings. The quantitative estimate of drug-likeness (QED) is 0.620. The van der Waals surface area contributed by atoms with Gasteiger partial charge >= 0.3 is 0 Å². The fourth-order valence-corrected chi connectivity index (χ4v) is 2.10. The van der Waals surface area contributed by atoms with Crippen molar-refractivity contribution in [1.82, 2.24) is 0 Å². The second kappa shape index (κ2) is 2.09. The zero-order valence-corrected chi connectivity index (χ0v) is 6.20. The summed E-state index contributed by atoms with van der Waals surface area (Å²) in [4.78, 5) is 11.3. The Balaban J connectivity index is 2.53. The fraction of sp³-hybridized carbons (Fsp3) is 0.286. The Bertz CT molecular complexity index is 267. The van der Waals surface area contributed by atoms with Crippen LogP contribution in [0.15, 0.2) is 5.38 Å². The molecule has 2 rings (SSSR count). The molecular weight excluding hydrogens is 146 g/mol. The maximum Gasteiger partial charge on any atom is 0.160 e. The Kier molecular flexibility index (Phi) is 1.24. The van der Waals surface area contributed by atoms with Crippen molar-refractivity contribution in [3.05, 3.63) is 15.8 Å². The Morgan fingerprint density at radius 3 is 3.40 bits per heavy atom. The van der Waals surface area contributed by atoms with Gasteiger partial charge in [-0.1, -0.05) is 0 Å². The number of rotatable bonds is 1. The van der Waals surface area contributed by atoms with E-state index in [-0.39, 0.29) is 0 Å². The van der Waals surface area contributed by atoms with Crippen molar-refractivity contribution in [2.45, 2.75) is 6.42 Å². The molecule has 52 valence electrons. The van der Waals surface area contributed by atoms with Gasteiger partial charge < -0.3 is 5.32 Å². The zero-order valence-electron chi connectivity index (χ0n) is 5.39. The van der Waals surface area contributed by atoms with Crippen LogP contribution in [0.2, 0.25) is 0 Å². The molecule has 0 saturated heterocycles. The van der Waals surface area contributed by atoms with Gasteiger partial charge in [0.15, 0.2) is 6.29 Å². The molecule has 1 aromatic heterocycles. The molecule has 2 heterocycles. The van der Waals surface area contributed by atoms with E-state index < -0.39 is 0 Å². The van der Waals surface area contributed by atoms with Gasteiger partial charge in [-0.25, -0.2) is 0 Å². The van der Waals surface area contributed by atoms with E-state index in [1.807, 2.05) is 5.38 Å². The highest BCUT2D eigenvalue weighted by atomic mass is 32.1. The lowest BCUT2D eigenvalue weighted by atomic mass is 10.2. The number of hydrogen-bond acceptors (Lipinski definition) is 3. The van der Waals surface area contributed by atoms with Crippen molar-refractivity contribution in [3.8, 4) is 0 Å². The fourth-order valence-electron chi connectivity index (χ4n) is 1.22. The minimum absolute atomic E-state index is 0.889. The molecule has 3 heteroatoms. The summed E-state index contributed by atoms with van der Waals surface area (Å²) in [6.07, 6.45) is 1.95. The van der Waals surface area contributed by atoms with Crippen molar-refractivity contribution in [2.75, 3.05) is 11.9 Å². The third-order valence-electron chi connectivity index (χ3n) is 1.72. The maximum atomic E-state index is 10.4. The van der Waals surface area contributed by atoms with Gasteiger partial charge in [-0.3, -0.25) is 4.79 Å². The van der Waals surface area contributed by atoms with Gasteiger partial charge in [0.1, 0.15) is 0 Å². The number of hydrogen-bond donors (Lipinski definition) is 1. The van der Waals surface area contributed by atoms with E-state index in [0.29, 0.717) is 0 Å². The van der Waals surface area contributed by atoms with Crippen molar-refractivity contribution in [3.63, 3.8) is 0 Å². The summed E-state index contributed by atoms with van der Waals surface area (Å²) in [5.74, 6) is 0. The van der Waals surface area contributed by atoms with E-state index in [4.69, 9.17) is 0 Å². The lowest BCUT2D eigenvalue weighted by Gasteiger charge is -1.86. The third-order valence-corrected chi connectivity index (χ3v) is 2.67. The Labute approximate surface area is 62.9 Å². The molecule has 0 saturated carbocycles. The average molecular weight is 153 g/mol. The highest BCUT2D eigenvalue weighted by Gasteiger charge is 2.15. The van der Waals surface area contributed by atoms with Crippen LogP contribution in [0.1, 0.15) is 15.2 Å². The topological polar surface area (TPSA) is 29.1 Å². The van der Waals surface area contributed by atoms with Crippen molar-refractivity contribution < 1.29 is 4.79 Å². The van der Waals surface area contributed by atoms with E-state index in [1.54, 1.807) is 0 Å². The second-order valence-electron chi connectivity index (χ2n) is 2.29. The molecule has 0 aromatic carbocycles. The number of thiophene rings is 1. The first-order chi connectivity index (χ1) is 4.92. The second-order valence-corrected chi connectivity index (χ2v) is 3.20. The van der Waals surface area contributed by atoms with Gasteiger partial charge in [0.25, 0.3) is 0 Å². The van der Waals surface area contributed by atoms with Crippen molar-refractivity contribution in [2.24, 2.45) is 0 Å².